The molecule has 5 N–H and O–H groups in total. The molecule has 1 aromatic heterocycles. The Bertz CT molecular complexity index is 450. The summed E-state index contributed by atoms with van der Waals surface area (Å²) >= 11 is 1.31. The van der Waals surface area contributed by atoms with Crippen LogP contribution in [-0.4, -0.2) is 17.9 Å². The first-order valence-electron chi connectivity index (χ1n) is 6.01. The number of hydrogen-bond acceptors (Lipinski definition) is 4. The van der Waals surface area contributed by atoms with Crippen molar-refractivity contribution in [1.82, 2.24) is 0 Å². The zero-order chi connectivity index (χ0) is 13.1. The number of carbonyl (C=O) groups is 2. The molecule has 0 spiro atoms. The van der Waals surface area contributed by atoms with Crippen LogP contribution in [0.1, 0.15) is 36.0 Å². The van der Waals surface area contributed by atoms with E-state index in [0.717, 1.165) is 25.7 Å². The lowest BCUT2D eigenvalue weighted by Gasteiger charge is -2.24. The molecule has 0 bridgehead atoms. The summed E-state index contributed by atoms with van der Waals surface area (Å²) in [7, 11) is 0. The van der Waals surface area contributed by atoms with Gasteiger partial charge in [0.1, 0.15) is 5.00 Å². The molecule has 0 saturated heterocycles. The van der Waals surface area contributed by atoms with E-state index in [-0.39, 0.29) is 17.9 Å². The van der Waals surface area contributed by atoms with Crippen molar-refractivity contribution >= 4 is 28.2 Å². The lowest BCUT2D eigenvalue weighted by atomic mass is 9.86. The Kier molecular flexibility index (Phi) is 3.98. The highest BCUT2D eigenvalue weighted by Gasteiger charge is 2.25. The molecule has 1 aromatic rings. The maximum atomic E-state index is 12.0. The van der Waals surface area contributed by atoms with Gasteiger partial charge in [0.2, 0.25) is 5.91 Å². The number of hydrogen-bond donors (Lipinski definition) is 3. The molecular formula is C12H17N3O2S. The van der Waals surface area contributed by atoms with E-state index in [1.807, 2.05) is 0 Å². The number of nitrogens with one attached hydrogen (secondary N) is 1. The lowest BCUT2D eigenvalue weighted by Crippen LogP contribution is -2.32. The second kappa shape index (κ2) is 5.49. The summed E-state index contributed by atoms with van der Waals surface area (Å²) in [4.78, 5) is 23.2. The SMILES string of the molecule is NC(=O)c1ccsc1NC(=O)C1CCC(N)CC1. The summed E-state index contributed by atoms with van der Waals surface area (Å²) in [6.45, 7) is 0. The van der Waals surface area contributed by atoms with E-state index in [1.54, 1.807) is 11.4 Å². The summed E-state index contributed by atoms with van der Waals surface area (Å²) in [5.74, 6) is -0.559. The summed E-state index contributed by atoms with van der Waals surface area (Å²) in [5.41, 5.74) is 11.4. The molecule has 0 unspecified atom stereocenters. The van der Waals surface area contributed by atoms with Gasteiger partial charge in [0.05, 0.1) is 5.56 Å². The molecule has 2 rings (SSSR count). The molecule has 1 fully saturated rings. The summed E-state index contributed by atoms with van der Waals surface area (Å²) in [5, 5.41) is 5.08. The standard InChI is InChI=1S/C12H17N3O2S/c13-8-3-1-7(2-4-8)11(17)15-12-9(10(14)16)5-6-18-12/h5-8H,1-4,13H2,(H2,14,16)(H,15,17). The van der Waals surface area contributed by atoms with Crippen molar-refractivity contribution in [1.29, 1.82) is 0 Å². The van der Waals surface area contributed by atoms with Gasteiger partial charge in [-0.05, 0) is 37.1 Å². The van der Waals surface area contributed by atoms with Gasteiger partial charge >= 0.3 is 0 Å². The van der Waals surface area contributed by atoms with Crippen LogP contribution in [-0.2, 0) is 4.79 Å². The molecule has 1 saturated carbocycles. The number of amides is 2. The van der Waals surface area contributed by atoms with E-state index < -0.39 is 5.91 Å². The molecule has 5 nitrogen and oxygen atoms in total. The second-order valence-electron chi connectivity index (χ2n) is 4.63. The Morgan fingerprint density at radius 3 is 2.56 bits per heavy atom. The minimum Gasteiger partial charge on any atom is -0.366 e. The van der Waals surface area contributed by atoms with Gasteiger partial charge in [-0.2, -0.15) is 0 Å². The Labute approximate surface area is 110 Å². The number of thiophene rings is 1. The Hall–Kier alpha value is -1.40. The van der Waals surface area contributed by atoms with Crippen molar-refractivity contribution in [2.45, 2.75) is 31.7 Å². The third kappa shape index (κ3) is 2.88. The first-order valence-corrected chi connectivity index (χ1v) is 6.89. The molecule has 0 radical (unpaired) electrons. The van der Waals surface area contributed by atoms with Gasteiger partial charge in [0, 0.05) is 12.0 Å². The molecule has 98 valence electrons. The summed E-state index contributed by atoms with van der Waals surface area (Å²) < 4.78 is 0. The Balaban J connectivity index is 1.98. The van der Waals surface area contributed by atoms with Crippen LogP contribution in [0.4, 0.5) is 5.00 Å². The van der Waals surface area contributed by atoms with E-state index in [4.69, 9.17) is 11.5 Å². The molecule has 6 heteroatoms. The maximum Gasteiger partial charge on any atom is 0.251 e. The van der Waals surface area contributed by atoms with Crippen LogP contribution in [0, 0.1) is 5.92 Å². The van der Waals surface area contributed by atoms with Crippen LogP contribution in [0.15, 0.2) is 11.4 Å². The molecule has 1 heterocycles. The highest BCUT2D eigenvalue weighted by Crippen LogP contribution is 2.27. The first-order chi connectivity index (χ1) is 8.58. The van der Waals surface area contributed by atoms with Crippen molar-refractivity contribution in [3.8, 4) is 0 Å². The molecule has 1 aliphatic rings. The van der Waals surface area contributed by atoms with Crippen molar-refractivity contribution in [3.63, 3.8) is 0 Å². The predicted molar refractivity (Wildman–Crippen MR) is 71.4 cm³/mol. The topological polar surface area (TPSA) is 98.2 Å². The van der Waals surface area contributed by atoms with Crippen molar-refractivity contribution in [2.75, 3.05) is 5.32 Å². The third-order valence-electron chi connectivity index (χ3n) is 3.31. The van der Waals surface area contributed by atoms with Crippen molar-refractivity contribution < 1.29 is 9.59 Å². The van der Waals surface area contributed by atoms with Gasteiger partial charge in [-0.1, -0.05) is 0 Å². The van der Waals surface area contributed by atoms with Crippen LogP contribution in [0.25, 0.3) is 0 Å². The first kappa shape index (κ1) is 13.0. The average Bonchev–Trinajstić information content (AvgIpc) is 2.78. The van der Waals surface area contributed by atoms with E-state index >= 15 is 0 Å². The monoisotopic (exact) mass is 267 g/mol. The summed E-state index contributed by atoms with van der Waals surface area (Å²) in [6.07, 6.45) is 3.38. The van der Waals surface area contributed by atoms with E-state index in [9.17, 15) is 9.59 Å². The van der Waals surface area contributed by atoms with Crippen LogP contribution >= 0.6 is 11.3 Å². The predicted octanol–water partition coefficient (Wildman–Crippen LogP) is 1.30. The van der Waals surface area contributed by atoms with Gasteiger partial charge in [0.15, 0.2) is 0 Å². The average molecular weight is 267 g/mol. The molecule has 0 atom stereocenters. The summed E-state index contributed by atoms with van der Waals surface area (Å²) in [6, 6.07) is 1.84. The molecule has 1 aliphatic carbocycles. The van der Waals surface area contributed by atoms with E-state index in [0.29, 0.717) is 10.6 Å². The van der Waals surface area contributed by atoms with Gasteiger partial charge in [-0.3, -0.25) is 9.59 Å². The van der Waals surface area contributed by atoms with E-state index in [2.05, 4.69) is 5.32 Å². The zero-order valence-electron chi connectivity index (χ0n) is 10.0. The number of anilines is 1. The minimum absolute atomic E-state index is 0.00683. The van der Waals surface area contributed by atoms with Gasteiger partial charge in [-0.15, -0.1) is 11.3 Å². The smallest absolute Gasteiger partial charge is 0.251 e. The van der Waals surface area contributed by atoms with Crippen LogP contribution in [0.2, 0.25) is 0 Å². The van der Waals surface area contributed by atoms with Crippen molar-refractivity contribution in [2.24, 2.45) is 17.4 Å². The van der Waals surface area contributed by atoms with Crippen LogP contribution in [0.5, 0.6) is 0 Å². The third-order valence-corrected chi connectivity index (χ3v) is 4.14. The van der Waals surface area contributed by atoms with Crippen molar-refractivity contribution in [3.05, 3.63) is 17.0 Å². The van der Waals surface area contributed by atoms with Gasteiger partial charge < -0.3 is 16.8 Å². The van der Waals surface area contributed by atoms with Gasteiger partial charge in [-0.25, -0.2) is 0 Å². The van der Waals surface area contributed by atoms with E-state index in [1.165, 1.54) is 11.3 Å². The highest BCUT2D eigenvalue weighted by molar-refractivity contribution is 7.14. The molecule has 0 aromatic carbocycles. The number of rotatable bonds is 3. The fraction of sp³-hybridized carbons (Fsp3) is 0.500. The van der Waals surface area contributed by atoms with Crippen LogP contribution < -0.4 is 16.8 Å². The zero-order valence-corrected chi connectivity index (χ0v) is 10.8. The normalized spacial score (nSPS) is 23.6. The largest absolute Gasteiger partial charge is 0.366 e. The Morgan fingerprint density at radius 2 is 1.94 bits per heavy atom. The molecule has 18 heavy (non-hydrogen) atoms. The fourth-order valence-electron chi connectivity index (χ4n) is 2.20. The van der Waals surface area contributed by atoms with Gasteiger partial charge in [0.25, 0.3) is 5.91 Å². The number of carbonyl (C=O) groups excluding carboxylic acids is 2. The molecule has 0 aliphatic heterocycles. The quantitative estimate of drug-likeness (QED) is 0.769. The molecular weight excluding hydrogens is 250 g/mol. The van der Waals surface area contributed by atoms with Crippen LogP contribution in [0.3, 0.4) is 0 Å². The lowest BCUT2D eigenvalue weighted by molar-refractivity contribution is -0.120. The maximum absolute atomic E-state index is 12.0. The Morgan fingerprint density at radius 1 is 1.28 bits per heavy atom. The number of primary amides is 1. The number of nitrogens with two attached hydrogens (primary N) is 2. The minimum atomic E-state index is -0.516. The fourth-order valence-corrected chi connectivity index (χ4v) is 2.99. The second-order valence-corrected chi connectivity index (χ2v) is 5.54. The highest BCUT2D eigenvalue weighted by atomic mass is 32.1. The molecule has 2 amide bonds.